The van der Waals surface area contributed by atoms with Gasteiger partial charge in [0.2, 0.25) is 0 Å². The first-order chi connectivity index (χ1) is 7.27. The van der Waals surface area contributed by atoms with E-state index in [0.717, 1.165) is 6.42 Å². The van der Waals surface area contributed by atoms with Crippen LogP contribution in [0, 0.1) is 0 Å². The molecule has 0 saturated heterocycles. The third kappa shape index (κ3) is 3.67. The van der Waals surface area contributed by atoms with Crippen molar-refractivity contribution in [2.75, 3.05) is 13.2 Å². The van der Waals surface area contributed by atoms with E-state index in [9.17, 15) is 4.79 Å². The number of Topliss-reactive ketones (excluding diaryl/α,β-unsaturated/α-hetero) is 1. The Labute approximate surface area is 89.5 Å². The summed E-state index contributed by atoms with van der Waals surface area (Å²) < 4.78 is 5.38. The highest BCUT2D eigenvalue weighted by Crippen LogP contribution is 2.12. The fourth-order valence-electron chi connectivity index (χ4n) is 1.15. The molecule has 1 aromatic rings. The van der Waals surface area contributed by atoms with Gasteiger partial charge in [-0.3, -0.25) is 9.78 Å². The number of ether oxygens (including phenoxy) is 1. The molecule has 0 aliphatic rings. The van der Waals surface area contributed by atoms with Crippen LogP contribution >= 0.6 is 0 Å². The van der Waals surface area contributed by atoms with Gasteiger partial charge in [0.05, 0.1) is 12.8 Å². The monoisotopic (exact) mass is 208 g/mol. The summed E-state index contributed by atoms with van der Waals surface area (Å²) in [6, 6.07) is 1.71. The minimum absolute atomic E-state index is 0.00643. The molecule has 15 heavy (non-hydrogen) atoms. The molecular formula is C11H16N2O2. The minimum atomic E-state index is 0.00643. The quantitative estimate of drug-likeness (QED) is 0.718. The van der Waals surface area contributed by atoms with Crippen molar-refractivity contribution >= 4 is 5.78 Å². The number of pyridine rings is 1. The van der Waals surface area contributed by atoms with Gasteiger partial charge in [-0.15, -0.1) is 0 Å². The van der Waals surface area contributed by atoms with Crippen molar-refractivity contribution in [2.24, 2.45) is 5.73 Å². The van der Waals surface area contributed by atoms with Crippen molar-refractivity contribution in [3.05, 3.63) is 24.0 Å². The number of ketones is 1. The van der Waals surface area contributed by atoms with Crippen LogP contribution in [0.2, 0.25) is 0 Å². The van der Waals surface area contributed by atoms with E-state index in [2.05, 4.69) is 4.98 Å². The van der Waals surface area contributed by atoms with Crippen molar-refractivity contribution in [3.8, 4) is 5.75 Å². The normalized spacial score (nSPS) is 10.0. The number of aromatic nitrogens is 1. The topological polar surface area (TPSA) is 65.2 Å². The highest BCUT2D eigenvalue weighted by molar-refractivity contribution is 5.96. The SMILES string of the molecule is CCCOc1cncc(C(=O)CCN)c1. The van der Waals surface area contributed by atoms with E-state index in [-0.39, 0.29) is 5.78 Å². The average molecular weight is 208 g/mol. The number of nitrogens with zero attached hydrogens (tertiary/aromatic N) is 1. The molecule has 1 heterocycles. The molecule has 0 spiro atoms. The number of rotatable bonds is 6. The van der Waals surface area contributed by atoms with Crippen molar-refractivity contribution in [1.82, 2.24) is 4.98 Å². The molecule has 1 rings (SSSR count). The van der Waals surface area contributed by atoms with Gasteiger partial charge in [-0.2, -0.15) is 0 Å². The molecule has 2 N–H and O–H groups in total. The van der Waals surface area contributed by atoms with E-state index in [1.54, 1.807) is 12.3 Å². The molecule has 0 bridgehead atoms. The smallest absolute Gasteiger partial charge is 0.165 e. The van der Waals surface area contributed by atoms with Gasteiger partial charge in [-0.25, -0.2) is 0 Å². The molecule has 0 aliphatic carbocycles. The maximum absolute atomic E-state index is 11.5. The number of hydrogen-bond acceptors (Lipinski definition) is 4. The van der Waals surface area contributed by atoms with Crippen LogP contribution in [0.15, 0.2) is 18.5 Å². The van der Waals surface area contributed by atoms with E-state index in [1.165, 1.54) is 6.20 Å². The molecule has 0 atom stereocenters. The van der Waals surface area contributed by atoms with Crippen LogP contribution in [0.25, 0.3) is 0 Å². The van der Waals surface area contributed by atoms with Gasteiger partial charge in [0.15, 0.2) is 5.78 Å². The Morgan fingerprint density at radius 2 is 2.33 bits per heavy atom. The summed E-state index contributed by atoms with van der Waals surface area (Å²) in [6.45, 7) is 3.02. The molecule has 0 amide bonds. The number of carbonyl (C=O) groups is 1. The Morgan fingerprint density at radius 3 is 3.00 bits per heavy atom. The highest BCUT2D eigenvalue weighted by Gasteiger charge is 2.06. The summed E-state index contributed by atoms with van der Waals surface area (Å²) in [6.07, 6.45) is 4.42. The number of nitrogens with two attached hydrogens (primary N) is 1. The average Bonchev–Trinajstić information content (AvgIpc) is 2.27. The Balaban J connectivity index is 2.69. The summed E-state index contributed by atoms with van der Waals surface area (Å²) in [4.78, 5) is 15.4. The predicted molar refractivity (Wildman–Crippen MR) is 58.0 cm³/mol. The maximum atomic E-state index is 11.5. The van der Waals surface area contributed by atoms with Crippen LogP contribution < -0.4 is 10.5 Å². The molecule has 0 aliphatic heterocycles. The van der Waals surface area contributed by atoms with Crippen LogP contribution in [0.1, 0.15) is 30.1 Å². The summed E-state index contributed by atoms with van der Waals surface area (Å²) in [5, 5.41) is 0. The van der Waals surface area contributed by atoms with E-state index in [1.807, 2.05) is 6.92 Å². The van der Waals surface area contributed by atoms with Crippen LogP contribution in [0.4, 0.5) is 0 Å². The fraction of sp³-hybridized carbons (Fsp3) is 0.455. The van der Waals surface area contributed by atoms with E-state index < -0.39 is 0 Å². The standard InChI is InChI=1S/C11H16N2O2/c1-2-5-15-10-6-9(7-13-8-10)11(14)3-4-12/h6-8H,2-5,12H2,1H3. The van der Waals surface area contributed by atoms with E-state index in [0.29, 0.717) is 30.9 Å². The maximum Gasteiger partial charge on any atom is 0.165 e. The fourth-order valence-corrected chi connectivity index (χ4v) is 1.15. The first-order valence-electron chi connectivity index (χ1n) is 5.09. The lowest BCUT2D eigenvalue weighted by molar-refractivity contribution is 0.0984. The lowest BCUT2D eigenvalue weighted by Crippen LogP contribution is -2.08. The van der Waals surface area contributed by atoms with Crippen LogP contribution in [-0.2, 0) is 0 Å². The molecule has 4 heteroatoms. The molecule has 1 aromatic heterocycles. The molecule has 4 nitrogen and oxygen atoms in total. The van der Waals surface area contributed by atoms with Crippen molar-refractivity contribution in [1.29, 1.82) is 0 Å². The minimum Gasteiger partial charge on any atom is -0.492 e. The summed E-state index contributed by atoms with van der Waals surface area (Å²) in [5.74, 6) is 0.645. The summed E-state index contributed by atoms with van der Waals surface area (Å²) >= 11 is 0. The summed E-state index contributed by atoms with van der Waals surface area (Å²) in [7, 11) is 0. The second kappa shape index (κ2) is 6.14. The Kier molecular flexibility index (Phi) is 4.77. The Morgan fingerprint density at radius 1 is 1.53 bits per heavy atom. The molecule has 0 fully saturated rings. The molecular weight excluding hydrogens is 192 g/mol. The molecule has 82 valence electrons. The highest BCUT2D eigenvalue weighted by atomic mass is 16.5. The lowest BCUT2D eigenvalue weighted by Gasteiger charge is -2.05. The van der Waals surface area contributed by atoms with Crippen LogP contribution in [-0.4, -0.2) is 23.9 Å². The van der Waals surface area contributed by atoms with Gasteiger partial charge in [-0.1, -0.05) is 6.92 Å². The van der Waals surface area contributed by atoms with Gasteiger partial charge in [0.1, 0.15) is 5.75 Å². The predicted octanol–water partition coefficient (Wildman–Crippen LogP) is 1.40. The number of carbonyl (C=O) groups excluding carboxylic acids is 1. The zero-order valence-electron chi connectivity index (χ0n) is 8.90. The number of hydrogen-bond donors (Lipinski definition) is 1. The Bertz CT molecular complexity index is 326. The first kappa shape index (κ1) is 11.7. The first-order valence-corrected chi connectivity index (χ1v) is 5.09. The van der Waals surface area contributed by atoms with E-state index >= 15 is 0 Å². The third-order valence-electron chi connectivity index (χ3n) is 1.88. The Hall–Kier alpha value is -1.42. The van der Waals surface area contributed by atoms with Gasteiger partial charge >= 0.3 is 0 Å². The zero-order chi connectivity index (χ0) is 11.1. The van der Waals surface area contributed by atoms with Gasteiger partial charge in [-0.05, 0) is 19.0 Å². The van der Waals surface area contributed by atoms with Crippen molar-refractivity contribution < 1.29 is 9.53 Å². The molecule has 0 radical (unpaired) electrons. The molecule has 0 unspecified atom stereocenters. The van der Waals surface area contributed by atoms with Crippen LogP contribution in [0.5, 0.6) is 5.75 Å². The zero-order valence-corrected chi connectivity index (χ0v) is 8.90. The van der Waals surface area contributed by atoms with Gasteiger partial charge in [0, 0.05) is 18.2 Å². The second-order valence-corrected chi connectivity index (χ2v) is 3.22. The van der Waals surface area contributed by atoms with E-state index in [4.69, 9.17) is 10.5 Å². The third-order valence-corrected chi connectivity index (χ3v) is 1.88. The van der Waals surface area contributed by atoms with Crippen molar-refractivity contribution in [3.63, 3.8) is 0 Å². The molecule has 0 aromatic carbocycles. The van der Waals surface area contributed by atoms with Gasteiger partial charge in [0.25, 0.3) is 0 Å². The molecule has 0 saturated carbocycles. The van der Waals surface area contributed by atoms with Crippen LogP contribution in [0.3, 0.4) is 0 Å². The van der Waals surface area contributed by atoms with Gasteiger partial charge < -0.3 is 10.5 Å². The van der Waals surface area contributed by atoms with Crippen molar-refractivity contribution in [2.45, 2.75) is 19.8 Å². The second-order valence-electron chi connectivity index (χ2n) is 3.22. The lowest BCUT2D eigenvalue weighted by atomic mass is 10.1. The summed E-state index contributed by atoms with van der Waals surface area (Å²) in [5.41, 5.74) is 5.88. The largest absolute Gasteiger partial charge is 0.492 e.